The van der Waals surface area contributed by atoms with Gasteiger partial charge in [0.2, 0.25) is 0 Å². The summed E-state index contributed by atoms with van der Waals surface area (Å²) in [6.45, 7) is 7.19. The van der Waals surface area contributed by atoms with Gasteiger partial charge in [-0.05, 0) is 34.1 Å². The number of nitrogens with two attached hydrogens (primary N) is 1. The number of hydrogen-bond acceptors (Lipinski definition) is 3. The molecule has 0 rings (SSSR count). The topological polar surface area (TPSA) is 84.2 Å². The summed E-state index contributed by atoms with van der Waals surface area (Å²) in [6, 6.07) is -0.256. The Morgan fingerprint density at radius 2 is 1.64 bits per heavy atom. The Labute approximate surface area is 86.6 Å². The minimum Gasteiger partial charge on any atom is -0.328 e. The quantitative estimate of drug-likeness (QED) is 0.590. The average molecular weight is 223 g/mol. The van der Waals surface area contributed by atoms with Gasteiger partial charge < -0.3 is 5.73 Å². The molecule has 86 valence electrons. The molecule has 0 bridgehead atoms. The summed E-state index contributed by atoms with van der Waals surface area (Å²) in [5, 5.41) is 0. The highest BCUT2D eigenvalue weighted by molar-refractivity contribution is 7.87. The Hall–Kier alpha value is -0.170. The first-order chi connectivity index (χ1) is 6.23. The van der Waals surface area contributed by atoms with E-state index in [0.29, 0.717) is 6.42 Å². The molecule has 0 saturated heterocycles. The lowest BCUT2D eigenvalue weighted by Gasteiger charge is -2.17. The summed E-state index contributed by atoms with van der Waals surface area (Å²) >= 11 is 0. The van der Waals surface area contributed by atoms with Crippen LogP contribution in [-0.4, -0.2) is 26.5 Å². The Morgan fingerprint density at radius 3 is 2.00 bits per heavy atom. The van der Waals surface area contributed by atoms with E-state index in [1.807, 2.05) is 6.92 Å². The van der Waals surface area contributed by atoms with E-state index in [9.17, 15) is 8.42 Å². The molecule has 0 aliphatic rings. The summed E-state index contributed by atoms with van der Waals surface area (Å²) in [6.07, 6.45) is 0.624. The summed E-state index contributed by atoms with van der Waals surface area (Å²) in [5.74, 6) is 0. The number of rotatable bonds is 6. The smallest absolute Gasteiger partial charge is 0.277 e. The van der Waals surface area contributed by atoms with Crippen LogP contribution < -0.4 is 15.2 Å². The summed E-state index contributed by atoms with van der Waals surface area (Å²) in [4.78, 5) is 0. The van der Waals surface area contributed by atoms with Crippen molar-refractivity contribution in [2.45, 2.75) is 52.2 Å². The van der Waals surface area contributed by atoms with E-state index in [2.05, 4.69) is 9.44 Å². The third-order valence-corrected chi connectivity index (χ3v) is 2.97. The molecule has 14 heavy (non-hydrogen) atoms. The van der Waals surface area contributed by atoms with Crippen LogP contribution in [0, 0.1) is 0 Å². The second kappa shape index (κ2) is 5.65. The van der Waals surface area contributed by atoms with Crippen LogP contribution in [0.25, 0.3) is 0 Å². The molecule has 4 N–H and O–H groups in total. The Morgan fingerprint density at radius 1 is 1.14 bits per heavy atom. The number of nitrogens with one attached hydrogen (secondary N) is 2. The molecule has 0 aliphatic carbocycles. The van der Waals surface area contributed by atoms with E-state index in [-0.39, 0.29) is 18.1 Å². The summed E-state index contributed by atoms with van der Waals surface area (Å²) in [5.41, 5.74) is 5.56. The molecule has 0 aromatic rings. The van der Waals surface area contributed by atoms with Crippen molar-refractivity contribution in [2.24, 2.45) is 5.73 Å². The van der Waals surface area contributed by atoms with Crippen molar-refractivity contribution in [1.29, 1.82) is 0 Å². The van der Waals surface area contributed by atoms with Crippen LogP contribution in [0.1, 0.15) is 34.1 Å². The zero-order valence-electron chi connectivity index (χ0n) is 9.24. The highest BCUT2D eigenvalue weighted by atomic mass is 32.2. The molecule has 0 spiro atoms. The SMILES string of the molecule is CC(N)CC(C)NS(=O)(=O)NC(C)C. The monoisotopic (exact) mass is 223 g/mol. The Balaban J connectivity index is 4.09. The van der Waals surface area contributed by atoms with Gasteiger partial charge in [0.05, 0.1) is 0 Å². The molecule has 6 heteroatoms. The lowest BCUT2D eigenvalue weighted by atomic mass is 10.1. The molecule has 0 amide bonds. The van der Waals surface area contributed by atoms with E-state index in [1.54, 1.807) is 20.8 Å². The third kappa shape index (κ3) is 7.25. The molecule has 0 radical (unpaired) electrons. The zero-order chi connectivity index (χ0) is 11.4. The van der Waals surface area contributed by atoms with E-state index in [1.165, 1.54) is 0 Å². The van der Waals surface area contributed by atoms with Gasteiger partial charge in [0.25, 0.3) is 10.2 Å². The van der Waals surface area contributed by atoms with Gasteiger partial charge in [0.15, 0.2) is 0 Å². The fourth-order valence-corrected chi connectivity index (χ4v) is 2.53. The van der Waals surface area contributed by atoms with Crippen molar-refractivity contribution in [3.63, 3.8) is 0 Å². The first-order valence-electron chi connectivity index (χ1n) is 4.78. The first-order valence-corrected chi connectivity index (χ1v) is 6.26. The molecular weight excluding hydrogens is 202 g/mol. The van der Waals surface area contributed by atoms with Gasteiger partial charge in [-0.3, -0.25) is 0 Å². The van der Waals surface area contributed by atoms with Gasteiger partial charge in [-0.15, -0.1) is 0 Å². The van der Waals surface area contributed by atoms with Gasteiger partial charge in [-0.2, -0.15) is 17.9 Å². The number of hydrogen-bond donors (Lipinski definition) is 3. The molecule has 0 aliphatic heterocycles. The molecule has 0 saturated carbocycles. The van der Waals surface area contributed by atoms with Crippen molar-refractivity contribution in [1.82, 2.24) is 9.44 Å². The molecule has 0 aromatic carbocycles. The van der Waals surface area contributed by atoms with Crippen LogP contribution in [0.5, 0.6) is 0 Å². The summed E-state index contributed by atoms with van der Waals surface area (Å²) < 4.78 is 27.7. The van der Waals surface area contributed by atoms with Crippen molar-refractivity contribution in [3.05, 3.63) is 0 Å². The maximum atomic E-state index is 11.4. The van der Waals surface area contributed by atoms with Crippen LogP contribution >= 0.6 is 0 Å². The van der Waals surface area contributed by atoms with E-state index >= 15 is 0 Å². The lowest BCUT2D eigenvalue weighted by molar-refractivity contribution is 0.506. The normalized spacial score (nSPS) is 17.0. The summed E-state index contributed by atoms with van der Waals surface area (Å²) in [7, 11) is -3.38. The van der Waals surface area contributed by atoms with Crippen LogP contribution in [0.4, 0.5) is 0 Å². The van der Waals surface area contributed by atoms with Gasteiger partial charge in [-0.1, -0.05) is 0 Å². The van der Waals surface area contributed by atoms with Gasteiger partial charge >= 0.3 is 0 Å². The molecule has 0 aromatic heterocycles. The highest BCUT2D eigenvalue weighted by Crippen LogP contribution is 1.96. The standard InChI is InChI=1S/C8H21N3O2S/c1-6(2)10-14(12,13)11-8(4)5-7(3)9/h6-8,10-11H,5,9H2,1-4H3. The Bertz CT molecular complexity index is 249. The first kappa shape index (κ1) is 13.8. The van der Waals surface area contributed by atoms with Crippen molar-refractivity contribution >= 4 is 10.2 Å². The van der Waals surface area contributed by atoms with Crippen LogP contribution in [0.3, 0.4) is 0 Å². The van der Waals surface area contributed by atoms with Gasteiger partial charge in [0, 0.05) is 18.1 Å². The van der Waals surface area contributed by atoms with E-state index < -0.39 is 10.2 Å². The van der Waals surface area contributed by atoms with E-state index in [4.69, 9.17) is 5.73 Å². The van der Waals surface area contributed by atoms with Gasteiger partial charge in [-0.25, -0.2) is 0 Å². The highest BCUT2D eigenvalue weighted by Gasteiger charge is 2.15. The predicted molar refractivity (Wildman–Crippen MR) is 58.1 cm³/mol. The third-order valence-electron chi connectivity index (χ3n) is 1.47. The Kier molecular flexibility index (Phi) is 5.58. The maximum Gasteiger partial charge on any atom is 0.277 e. The van der Waals surface area contributed by atoms with Crippen molar-refractivity contribution in [2.75, 3.05) is 0 Å². The lowest BCUT2D eigenvalue weighted by Crippen LogP contribution is -2.45. The molecule has 0 fully saturated rings. The molecule has 0 heterocycles. The molecular formula is C8H21N3O2S. The fourth-order valence-electron chi connectivity index (χ4n) is 1.21. The van der Waals surface area contributed by atoms with Crippen LogP contribution in [-0.2, 0) is 10.2 Å². The average Bonchev–Trinajstić information content (AvgIpc) is 1.77. The largest absolute Gasteiger partial charge is 0.328 e. The van der Waals surface area contributed by atoms with Crippen LogP contribution in [0.2, 0.25) is 0 Å². The van der Waals surface area contributed by atoms with E-state index in [0.717, 1.165) is 0 Å². The molecule has 5 nitrogen and oxygen atoms in total. The predicted octanol–water partition coefficient (Wildman–Crippen LogP) is -0.0554. The van der Waals surface area contributed by atoms with Crippen molar-refractivity contribution < 1.29 is 8.42 Å². The molecule has 2 atom stereocenters. The second-order valence-electron chi connectivity index (χ2n) is 4.01. The second-order valence-corrected chi connectivity index (χ2v) is 5.49. The van der Waals surface area contributed by atoms with Crippen LogP contribution in [0.15, 0.2) is 0 Å². The fraction of sp³-hybridized carbons (Fsp3) is 1.00. The minimum absolute atomic E-state index is 0.00764. The van der Waals surface area contributed by atoms with Crippen molar-refractivity contribution in [3.8, 4) is 0 Å². The maximum absolute atomic E-state index is 11.4. The minimum atomic E-state index is -3.38. The van der Waals surface area contributed by atoms with Gasteiger partial charge in [0.1, 0.15) is 0 Å². The zero-order valence-corrected chi connectivity index (χ0v) is 10.1. The molecule has 2 unspecified atom stereocenters.